The van der Waals surface area contributed by atoms with Crippen LogP contribution in [0.25, 0.3) is 11.1 Å². The zero-order valence-electron chi connectivity index (χ0n) is 27.6. The number of piperidine rings is 1. The quantitative estimate of drug-likeness (QED) is 0.0835. The molecule has 1 aliphatic heterocycles. The second kappa shape index (κ2) is 18.4. The van der Waals surface area contributed by atoms with Gasteiger partial charge in [-0.2, -0.15) is 5.10 Å². The van der Waals surface area contributed by atoms with Crippen LogP contribution in [0.1, 0.15) is 75.7 Å². The zero-order valence-corrected chi connectivity index (χ0v) is 27.6. The molecule has 4 N–H and O–H groups in total. The third kappa shape index (κ3) is 10.0. The summed E-state index contributed by atoms with van der Waals surface area (Å²) in [6.45, 7) is 21.5. The van der Waals surface area contributed by atoms with Crippen molar-refractivity contribution in [1.29, 1.82) is 0 Å². The molecule has 0 radical (unpaired) electrons. The van der Waals surface area contributed by atoms with Gasteiger partial charge in [0.15, 0.2) is 5.84 Å². The number of hydrogen-bond donors (Lipinski definition) is 3. The average molecular weight is 608 g/mol. The molecule has 2 aromatic heterocycles. The number of likely N-dealkylation sites (tertiary alicyclic amines) is 1. The van der Waals surface area contributed by atoms with Gasteiger partial charge in [0.2, 0.25) is 0 Å². The Balaban J connectivity index is 1.74. The fourth-order valence-corrected chi connectivity index (χ4v) is 5.39. The van der Waals surface area contributed by atoms with Crippen LogP contribution >= 0.6 is 0 Å². The van der Waals surface area contributed by atoms with E-state index in [4.69, 9.17) is 15.8 Å². The lowest BCUT2D eigenvalue weighted by atomic mass is 9.95. The van der Waals surface area contributed by atoms with Gasteiger partial charge in [-0.15, -0.1) is 0 Å². The summed E-state index contributed by atoms with van der Waals surface area (Å²) in [7, 11) is 0. The number of nitrogens with two attached hydrogens (primary N) is 1. The third-order valence-electron chi connectivity index (χ3n) is 7.79. The predicted octanol–water partition coefficient (Wildman–Crippen LogP) is 6.09. The van der Waals surface area contributed by atoms with E-state index < -0.39 is 0 Å². The number of rotatable bonds is 13. The van der Waals surface area contributed by atoms with Crippen molar-refractivity contribution in [2.75, 3.05) is 26.2 Å². The Kier molecular flexibility index (Phi) is 14.3. The van der Waals surface area contributed by atoms with E-state index in [-0.39, 0.29) is 0 Å². The van der Waals surface area contributed by atoms with Crippen molar-refractivity contribution in [3.63, 3.8) is 0 Å². The minimum absolute atomic E-state index is 0.530. The smallest absolute Gasteiger partial charge is 0.167 e. The van der Waals surface area contributed by atoms with E-state index >= 15 is 0 Å². The summed E-state index contributed by atoms with van der Waals surface area (Å²) in [5.74, 6) is 7.58. The molecule has 0 aliphatic carbocycles. The van der Waals surface area contributed by atoms with E-state index in [0.717, 1.165) is 84.8 Å². The molecule has 238 valence electrons. The SMILES string of the molecule is C=CN=C(NN)c1cc(C(/C=C\C)=C/C)c(/C(C)=C/C=C(\C)CN2CCC(CN=C(NN=C)c3ccccn3)CC2)nc1CC. The molecule has 1 fully saturated rings. The van der Waals surface area contributed by atoms with Crippen molar-refractivity contribution in [2.24, 2.45) is 26.8 Å². The first kappa shape index (κ1) is 35.0. The Morgan fingerprint density at radius 3 is 2.51 bits per heavy atom. The van der Waals surface area contributed by atoms with E-state index in [2.05, 4.69) is 95.3 Å². The molecule has 9 nitrogen and oxygen atoms in total. The molecule has 1 saturated heterocycles. The van der Waals surface area contributed by atoms with Gasteiger partial charge in [0.25, 0.3) is 0 Å². The van der Waals surface area contributed by atoms with Crippen LogP contribution in [-0.4, -0.2) is 59.4 Å². The number of pyridine rings is 2. The molecule has 3 heterocycles. The maximum absolute atomic E-state index is 5.83. The fourth-order valence-electron chi connectivity index (χ4n) is 5.39. The van der Waals surface area contributed by atoms with Gasteiger partial charge in [-0.1, -0.05) is 55.5 Å². The Labute approximate surface area is 269 Å². The summed E-state index contributed by atoms with van der Waals surface area (Å²) in [5.41, 5.74) is 13.7. The molecule has 0 unspecified atom stereocenters. The summed E-state index contributed by atoms with van der Waals surface area (Å²) in [6.07, 6.45) is 16.8. The number of hydrazine groups is 1. The zero-order chi connectivity index (χ0) is 32.6. The van der Waals surface area contributed by atoms with Crippen molar-refractivity contribution in [3.8, 4) is 0 Å². The number of aromatic nitrogens is 2. The Morgan fingerprint density at radius 2 is 1.91 bits per heavy atom. The van der Waals surface area contributed by atoms with Gasteiger partial charge in [-0.05, 0) is 95.3 Å². The molecule has 0 spiro atoms. The van der Waals surface area contributed by atoms with Crippen LogP contribution < -0.4 is 16.7 Å². The highest BCUT2D eigenvalue weighted by Crippen LogP contribution is 2.28. The molecule has 0 aromatic carbocycles. The lowest BCUT2D eigenvalue weighted by molar-refractivity contribution is 0.201. The van der Waals surface area contributed by atoms with Crippen LogP contribution in [0.3, 0.4) is 0 Å². The van der Waals surface area contributed by atoms with E-state index in [1.807, 2.05) is 38.1 Å². The maximum Gasteiger partial charge on any atom is 0.167 e. The predicted molar refractivity (Wildman–Crippen MR) is 191 cm³/mol. The number of aliphatic imine (C=N–C) groups is 2. The van der Waals surface area contributed by atoms with Gasteiger partial charge in [0.1, 0.15) is 11.5 Å². The molecular weight excluding hydrogens is 558 g/mol. The highest BCUT2D eigenvalue weighted by Gasteiger charge is 2.20. The van der Waals surface area contributed by atoms with Crippen molar-refractivity contribution in [1.82, 2.24) is 25.7 Å². The summed E-state index contributed by atoms with van der Waals surface area (Å²) >= 11 is 0. The normalized spacial score (nSPS) is 16.3. The van der Waals surface area contributed by atoms with Crippen LogP contribution in [0.2, 0.25) is 0 Å². The number of nitrogens with zero attached hydrogens (tertiary/aromatic N) is 6. The van der Waals surface area contributed by atoms with Gasteiger partial charge in [0.05, 0.1) is 11.4 Å². The first-order valence-corrected chi connectivity index (χ1v) is 15.6. The van der Waals surface area contributed by atoms with Crippen LogP contribution in [0.4, 0.5) is 0 Å². The van der Waals surface area contributed by atoms with Gasteiger partial charge in [-0.25, -0.2) is 10.8 Å². The second-order valence-corrected chi connectivity index (χ2v) is 11.0. The molecule has 3 rings (SSSR count). The summed E-state index contributed by atoms with van der Waals surface area (Å²) in [4.78, 5) is 21.2. The topological polar surface area (TPSA) is 116 Å². The van der Waals surface area contributed by atoms with E-state index in [9.17, 15) is 0 Å². The minimum Gasteiger partial charge on any atom is -0.308 e. The summed E-state index contributed by atoms with van der Waals surface area (Å²) in [5, 5.41) is 3.81. The Bertz CT molecular complexity index is 1470. The Morgan fingerprint density at radius 1 is 1.13 bits per heavy atom. The lowest BCUT2D eigenvalue weighted by Gasteiger charge is -2.31. The molecule has 0 bridgehead atoms. The molecular formula is C36H49N9. The third-order valence-corrected chi connectivity index (χ3v) is 7.79. The van der Waals surface area contributed by atoms with Crippen LogP contribution in [0, 0.1) is 5.92 Å². The van der Waals surface area contributed by atoms with Crippen molar-refractivity contribution >= 4 is 29.5 Å². The largest absolute Gasteiger partial charge is 0.308 e. The maximum atomic E-state index is 5.83. The molecule has 2 aromatic rings. The lowest BCUT2D eigenvalue weighted by Crippen LogP contribution is -2.35. The first-order valence-electron chi connectivity index (χ1n) is 15.6. The van der Waals surface area contributed by atoms with E-state index in [1.54, 1.807) is 6.20 Å². The molecule has 0 saturated carbocycles. The molecule has 0 atom stereocenters. The first-order chi connectivity index (χ1) is 21.9. The van der Waals surface area contributed by atoms with Crippen molar-refractivity contribution < 1.29 is 0 Å². The monoisotopic (exact) mass is 607 g/mol. The van der Waals surface area contributed by atoms with Crippen LogP contribution in [0.15, 0.2) is 94.3 Å². The molecule has 1 aliphatic rings. The Hall–Kier alpha value is -4.47. The summed E-state index contributed by atoms with van der Waals surface area (Å²) in [6, 6.07) is 7.89. The number of hydrazone groups is 1. The number of amidine groups is 2. The molecule has 9 heteroatoms. The van der Waals surface area contributed by atoms with E-state index in [1.165, 1.54) is 11.8 Å². The van der Waals surface area contributed by atoms with Gasteiger partial charge >= 0.3 is 0 Å². The van der Waals surface area contributed by atoms with Crippen molar-refractivity contribution in [2.45, 2.75) is 53.9 Å². The van der Waals surface area contributed by atoms with Crippen LogP contribution in [-0.2, 0) is 6.42 Å². The number of nitrogens with one attached hydrogen (secondary N) is 2. The standard InChI is InChI=1S/C36H49N9/c1-8-14-29(9-2)30-23-31(35(43-37)39-11-4)32(10-3)42-34(30)27(6)17-16-26(5)25-45-21-18-28(19-22-45)24-41-36(44-38-7)33-15-12-13-20-40-33/h8-9,11-17,20,23,28H,4,7,10,18-19,21-22,24-25,37H2,1-3,5-6H3,(H,39,43)(H,41,44)/b14-8-,26-16+,27-17+,29-9+. The second-order valence-electron chi connectivity index (χ2n) is 11.0. The van der Waals surface area contributed by atoms with Gasteiger partial charge < -0.3 is 5.43 Å². The fraction of sp³-hybridized carbons (Fsp3) is 0.361. The number of aryl methyl sites for hydroxylation is 1. The van der Waals surface area contributed by atoms with Crippen molar-refractivity contribution in [3.05, 3.63) is 107 Å². The minimum atomic E-state index is 0.530. The molecule has 45 heavy (non-hydrogen) atoms. The van der Waals surface area contributed by atoms with E-state index in [0.29, 0.717) is 17.6 Å². The number of allylic oxidation sites excluding steroid dienone is 7. The van der Waals surface area contributed by atoms with Gasteiger partial charge in [0, 0.05) is 43.3 Å². The van der Waals surface area contributed by atoms with Gasteiger partial charge in [-0.3, -0.25) is 25.3 Å². The van der Waals surface area contributed by atoms with Crippen LogP contribution in [0.5, 0.6) is 0 Å². The summed E-state index contributed by atoms with van der Waals surface area (Å²) < 4.78 is 0. The highest BCUT2D eigenvalue weighted by atomic mass is 15.3. The average Bonchev–Trinajstić information content (AvgIpc) is 3.07. The molecule has 0 amide bonds. The highest BCUT2D eigenvalue weighted by molar-refractivity contribution is 6.01. The number of hydrogen-bond acceptors (Lipinski definition) is 7.